The van der Waals surface area contributed by atoms with E-state index < -0.39 is 0 Å². The molecule has 9 heteroatoms. The number of aryl methyl sites for hydroxylation is 1. The van der Waals surface area contributed by atoms with Crippen molar-refractivity contribution in [3.63, 3.8) is 0 Å². The van der Waals surface area contributed by atoms with E-state index in [1.54, 1.807) is 44.4 Å². The Bertz CT molecular complexity index is 1050. The predicted octanol–water partition coefficient (Wildman–Crippen LogP) is 2.73. The molecule has 4 rings (SSSR count). The number of benzene rings is 1. The second kappa shape index (κ2) is 7.78. The van der Waals surface area contributed by atoms with Crippen LogP contribution in [-0.2, 0) is 13.0 Å². The molecule has 3 aromatic rings. The fourth-order valence-electron chi connectivity index (χ4n) is 3.30. The second-order valence-electron chi connectivity index (χ2n) is 6.67. The first kappa shape index (κ1) is 18.7. The van der Waals surface area contributed by atoms with Crippen LogP contribution in [0.3, 0.4) is 0 Å². The van der Waals surface area contributed by atoms with Gasteiger partial charge in [0.1, 0.15) is 11.5 Å². The zero-order valence-corrected chi connectivity index (χ0v) is 16.4. The van der Waals surface area contributed by atoms with E-state index >= 15 is 0 Å². The summed E-state index contributed by atoms with van der Waals surface area (Å²) in [5.41, 5.74) is 2.50. The van der Waals surface area contributed by atoms with Crippen molar-refractivity contribution in [1.82, 2.24) is 20.0 Å². The van der Waals surface area contributed by atoms with Gasteiger partial charge in [-0.15, -0.1) is 0 Å². The lowest BCUT2D eigenvalue weighted by molar-refractivity contribution is 0.0728. The molecular formula is C20H21N5O4. The molecule has 0 saturated carbocycles. The molecule has 0 saturated heterocycles. The van der Waals surface area contributed by atoms with Crippen LogP contribution >= 0.6 is 0 Å². The molecule has 0 atom stereocenters. The number of nitrogens with zero attached hydrogens (tertiary/aromatic N) is 4. The number of aromatic nitrogens is 3. The average Bonchev–Trinajstić information content (AvgIpc) is 3.16. The number of fused-ring (bicyclic) bond motifs is 1. The highest BCUT2D eigenvalue weighted by Gasteiger charge is 2.24. The van der Waals surface area contributed by atoms with Crippen LogP contribution in [-0.4, -0.2) is 46.7 Å². The van der Waals surface area contributed by atoms with Gasteiger partial charge in [-0.3, -0.25) is 4.79 Å². The van der Waals surface area contributed by atoms with Crippen LogP contribution in [0.1, 0.15) is 27.4 Å². The van der Waals surface area contributed by atoms with Gasteiger partial charge in [0.25, 0.3) is 5.91 Å². The topological polar surface area (TPSA) is 103 Å². The Hall–Kier alpha value is -3.62. The van der Waals surface area contributed by atoms with E-state index in [0.717, 1.165) is 17.5 Å². The Morgan fingerprint density at radius 3 is 2.62 bits per heavy atom. The molecule has 1 amide bonds. The summed E-state index contributed by atoms with van der Waals surface area (Å²) in [7, 11) is 3.21. The number of anilines is 2. The van der Waals surface area contributed by atoms with E-state index in [2.05, 4.69) is 20.4 Å². The molecule has 1 aliphatic rings. The van der Waals surface area contributed by atoms with Crippen molar-refractivity contribution in [2.24, 2.45) is 0 Å². The van der Waals surface area contributed by atoms with Crippen LogP contribution in [0, 0.1) is 6.92 Å². The summed E-state index contributed by atoms with van der Waals surface area (Å²) in [5, 5.41) is 6.79. The number of amides is 1. The van der Waals surface area contributed by atoms with Gasteiger partial charge in [-0.1, -0.05) is 5.16 Å². The number of hydrogen-bond acceptors (Lipinski definition) is 8. The fraction of sp³-hybridized carbons (Fsp3) is 0.300. The van der Waals surface area contributed by atoms with Gasteiger partial charge >= 0.3 is 0 Å². The molecule has 0 aliphatic carbocycles. The minimum atomic E-state index is -0.160. The number of ether oxygens (including phenoxy) is 2. The van der Waals surface area contributed by atoms with Gasteiger partial charge in [0.15, 0.2) is 17.3 Å². The van der Waals surface area contributed by atoms with E-state index in [9.17, 15) is 4.79 Å². The first-order valence-corrected chi connectivity index (χ1v) is 9.14. The molecule has 1 aliphatic heterocycles. The highest BCUT2D eigenvalue weighted by atomic mass is 16.5. The lowest BCUT2D eigenvalue weighted by atomic mass is 9.98. The lowest BCUT2D eigenvalue weighted by Gasteiger charge is -2.29. The summed E-state index contributed by atoms with van der Waals surface area (Å²) in [4.78, 5) is 23.3. The van der Waals surface area contributed by atoms with Gasteiger partial charge in [-0.05, 0) is 42.7 Å². The Labute approximate surface area is 167 Å². The Balaban J connectivity index is 1.53. The van der Waals surface area contributed by atoms with Gasteiger partial charge in [0.2, 0.25) is 5.95 Å². The van der Waals surface area contributed by atoms with Gasteiger partial charge in [-0.2, -0.15) is 0 Å². The summed E-state index contributed by atoms with van der Waals surface area (Å²) >= 11 is 0. The molecule has 150 valence electrons. The summed E-state index contributed by atoms with van der Waals surface area (Å²) in [6, 6.07) is 7.23. The average molecular weight is 395 g/mol. The van der Waals surface area contributed by atoms with Gasteiger partial charge in [0, 0.05) is 25.4 Å². The minimum absolute atomic E-state index is 0.160. The molecule has 3 heterocycles. The number of rotatable bonds is 5. The third-order valence-corrected chi connectivity index (χ3v) is 4.75. The molecule has 0 spiro atoms. The lowest BCUT2D eigenvalue weighted by Crippen LogP contribution is -2.36. The minimum Gasteiger partial charge on any atom is -0.493 e. The van der Waals surface area contributed by atoms with Crippen LogP contribution in [0.15, 0.2) is 35.0 Å². The standard InChI is InChI=1S/C20H21N5O4/c1-12-8-18(24-29-12)23-20-21-6-4-15(22-20)19(26)25-7-5-13-9-16(27-2)17(28-3)10-14(13)11-25/h4,6,8-10H,5,7,11H2,1-3H3,(H,21,22,23,24). The third kappa shape index (κ3) is 3.84. The maximum absolute atomic E-state index is 13.0. The van der Waals surface area contributed by atoms with Crippen molar-refractivity contribution in [2.75, 3.05) is 26.1 Å². The summed E-state index contributed by atoms with van der Waals surface area (Å²) in [6.45, 7) is 2.86. The first-order valence-electron chi connectivity index (χ1n) is 9.14. The van der Waals surface area contributed by atoms with Crippen molar-refractivity contribution in [3.8, 4) is 11.5 Å². The number of methoxy groups -OCH3 is 2. The van der Waals surface area contributed by atoms with Gasteiger partial charge in [-0.25, -0.2) is 9.97 Å². The van der Waals surface area contributed by atoms with Gasteiger partial charge < -0.3 is 24.2 Å². The first-order chi connectivity index (χ1) is 14.1. The molecule has 1 aromatic carbocycles. The number of carbonyl (C=O) groups is 1. The van der Waals surface area contributed by atoms with Gasteiger partial charge in [0.05, 0.1) is 14.2 Å². The van der Waals surface area contributed by atoms with Crippen molar-refractivity contribution in [1.29, 1.82) is 0 Å². The molecule has 2 aromatic heterocycles. The quantitative estimate of drug-likeness (QED) is 0.703. The molecular weight excluding hydrogens is 374 g/mol. The summed E-state index contributed by atoms with van der Waals surface area (Å²) in [5.74, 6) is 2.62. The Morgan fingerprint density at radius 2 is 1.93 bits per heavy atom. The highest BCUT2D eigenvalue weighted by Crippen LogP contribution is 2.33. The van der Waals surface area contributed by atoms with Crippen molar-refractivity contribution in [2.45, 2.75) is 19.9 Å². The molecule has 1 N–H and O–H groups in total. The van der Waals surface area contributed by atoms with Crippen LogP contribution in [0.25, 0.3) is 0 Å². The molecule has 0 bridgehead atoms. The molecule has 9 nitrogen and oxygen atoms in total. The smallest absolute Gasteiger partial charge is 0.272 e. The molecule has 29 heavy (non-hydrogen) atoms. The monoisotopic (exact) mass is 395 g/mol. The SMILES string of the molecule is COc1cc2c(cc1OC)CN(C(=O)c1ccnc(Nc3cc(C)on3)n1)CC2. The van der Waals surface area contributed by atoms with Crippen LogP contribution in [0.2, 0.25) is 0 Å². The maximum Gasteiger partial charge on any atom is 0.272 e. The summed E-state index contributed by atoms with van der Waals surface area (Å²) in [6.07, 6.45) is 2.27. The third-order valence-electron chi connectivity index (χ3n) is 4.75. The van der Waals surface area contributed by atoms with Crippen molar-refractivity contribution >= 4 is 17.7 Å². The number of hydrogen-bond donors (Lipinski definition) is 1. The van der Waals surface area contributed by atoms with E-state index in [1.165, 1.54) is 0 Å². The van der Waals surface area contributed by atoms with Crippen LogP contribution in [0.5, 0.6) is 11.5 Å². The maximum atomic E-state index is 13.0. The van der Waals surface area contributed by atoms with Crippen molar-refractivity contribution < 1.29 is 18.8 Å². The zero-order chi connectivity index (χ0) is 20.4. The Morgan fingerprint density at radius 1 is 1.17 bits per heavy atom. The zero-order valence-electron chi connectivity index (χ0n) is 16.4. The largest absolute Gasteiger partial charge is 0.493 e. The fourth-order valence-corrected chi connectivity index (χ4v) is 3.30. The van der Waals surface area contributed by atoms with Crippen LogP contribution in [0.4, 0.5) is 11.8 Å². The van der Waals surface area contributed by atoms with Crippen molar-refractivity contribution in [3.05, 3.63) is 53.0 Å². The Kier molecular flexibility index (Phi) is 5.03. The number of nitrogens with one attached hydrogen (secondary N) is 1. The molecule has 0 unspecified atom stereocenters. The number of carbonyl (C=O) groups excluding carboxylic acids is 1. The predicted molar refractivity (Wildman–Crippen MR) is 105 cm³/mol. The molecule has 0 radical (unpaired) electrons. The van der Waals surface area contributed by atoms with E-state index in [1.807, 2.05) is 12.1 Å². The second-order valence-corrected chi connectivity index (χ2v) is 6.67. The summed E-state index contributed by atoms with van der Waals surface area (Å²) < 4.78 is 15.8. The van der Waals surface area contributed by atoms with E-state index in [-0.39, 0.29) is 11.9 Å². The normalized spacial score (nSPS) is 13.0. The molecule has 0 fully saturated rings. The van der Waals surface area contributed by atoms with Crippen LogP contribution < -0.4 is 14.8 Å². The van der Waals surface area contributed by atoms with E-state index in [0.29, 0.717) is 41.9 Å². The van der Waals surface area contributed by atoms with E-state index in [4.69, 9.17) is 14.0 Å². The highest BCUT2D eigenvalue weighted by molar-refractivity contribution is 5.92.